The Morgan fingerprint density at radius 3 is 3.19 bits per heavy atom. The van der Waals surface area contributed by atoms with Crippen LogP contribution in [-0.4, -0.2) is 29.2 Å². The summed E-state index contributed by atoms with van der Waals surface area (Å²) in [5.41, 5.74) is 0. The number of nitrogens with one attached hydrogen (secondary N) is 1. The third-order valence-corrected chi connectivity index (χ3v) is 3.34. The van der Waals surface area contributed by atoms with Gasteiger partial charge in [0.1, 0.15) is 6.20 Å². The van der Waals surface area contributed by atoms with Crippen LogP contribution >= 0.6 is 11.3 Å². The molecule has 88 valence electrons. The number of rotatable bonds is 4. The van der Waals surface area contributed by atoms with E-state index in [4.69, 9.17) is 4.74 Å². The maximum Gasteiger partial charge on any atom is 0.345 e. The number of ether oxygens (including phenoxy) is 1. The lowest BCUT2D eigenvalue weighted by Gasteiger charge is -2.22. The molecule has 7 heteroatoms. The van der Waals surface area contributed by atoms with Gasteiger partial charge < -0.3 is 10.1 Å². The minimum Gasteiger partial charge on any atom is -0.376 e. The molecule has 1 aromatic rings. The van der Waals surface area contributed by atoms with E-state index in [1.165, 1.54) is 12.6 Å². The number of aromatic nitrogens is 1. The van der Waals surface area contributed by atoms with E-state index >= 15 is 0 Å². The zero-order valence-corrected chi connectivity index (χ0v) is 9.53. The van der Waals surface area contributed by atoms with E-state index in [1.54, 1.807) is 0 Å². The van der Waals surface area contributed by atoms with Crippen LogP contribution in [0.15, 0.2) is 6.20 Å². The molecule has 0 spiro atoms. The van der Waals surface area contributed by atoms with E-state index in [0.29, 0.717) is 11.7 Å². The molecule has 2 heterocycles. The van der Waals surface area contributed by atoms with Crippen molar-refractivity contribution in [3.05, 3.63) is 16.3 Å². The number of nitro groups is 1. The molecule has 16 heavy (non-hydrogen) atoms. The quantitative estimate of drug-likeness (QED) is 0.646. The summed E-state index contributed by atoms with van der Waals surface area (Å²) in [4.78, 5) is 13.9. The molecule has 1 aliphatic rings. The van der Waals surface area contributed by atoms with E-state index in [2.05, 4.69) is 10.3 Å². The molecule has 1 fully saturated rings. The van der Waals surface area contributed by atoms with Gasteiger partial charge >= 0.3 is 5.00 Å². The summed E-state index contributed by atoms with van der Waals surface area (Å²) in [6, 6.07) is 0. The van der Waals surface area contributed by atoms with Crippen LogP contribution in [0.1, 0.15) is 19.3 Å². The lowest BCUT2D eigenvalue weighted by Crippen LogP contribution is -2.26. The summed E-state index contributed by atoms with van der Waals surface area (Å²) in [6.07, 6.45) is 4.83. The lowest BCUT2D eigenvalue weighted by atomic mass is 10.1. The summed E-state index contributed by atoms with van der Waals surface area (Å²) in [5, 5.41) is 14.2. The van der Waals surface area contributed by atoms with Crippen molar-refractivity contribution in [1.82, 2.24) is 4.98 Å². The highest BCUT2D eigenvalue weighted by molar-refractivity contribution is 7.18. The molecule has 1 aromatic heterocycles. The van der Waals surface area contributed by atoms with Gasteiger partial charge in [-0.3, -0.25) is 10.1 Å². The highest BCUT2D eigenvalue weighted by Gasteiger charge is 2.15. The zero-order valence-electron chi connectivity index (χ0n) is 8.72. The molecule has 1 atom stereocenters. The Labute approximate surface area is 96.8 Å². The Hall–Kier alpha value is -1.21. The van der Waals surface area contributed by atoms with Crippen molar-refractivity contribution in [2.45, 2.75) is 25.4 Å². The summed E-state index contributed by atoms with van der Waals surface area (Å²) >= 11 is 1.05. The van der Waals surface area contributed by atoms with Gasteiger partial charge in [-0.05, 0) is 30.6 Å². The van der Waals surface area contributed by atoms with Gasteiger partial charge in [-0.15, -0.1) is 0 Å². The molecule has 1 unspecified atom stereocenters. The maximum atomic E-state index is 10.4. The second-order valence-corrected chi connectivity index (χ2v) is 4.64. The summed E-state index contributed by atoms with van der Waals surface area (Å²) in [5.74, 6) is 0. The highest BCUT2D eigenvalue weighted by Crippen LogP contribution is 2.25. The molecule has 0 aromatic carbocycles. The summed E-state index contributed by atoms with van der Waals surface area (Å²) < 4.78 is 5.53. The van der Waals surface area contributed by atoms with Gasteiger partial charge in [-0.25, -0.2) is 4.98 Å². The first-order valence-electron chi connectivity index (χ1n) is 5.21. The number of thiazole rings is 1. The standard InChI is InChI=1S/C9H13N3O3S/c13-12(14)8-6-11-9(16-8)10-5-7-3-1-2-4-15-7/h6-7H,1-5H2,(H,10,11). The first-order chi connectivity index (χ1) is 7.75. The fourth-order valence-corrected chi connectivity index (χ4v) is 2.24. The monoisotopic (exact) mass is 243 g/mol. The normalized spacial score (nSPS) is 20.6. The topological polar surface area (TPSA) is 77.3 Å². The molecule has 1 aliphatic heterocycles. The third kappa shape index (κ3) is 2.89. The maximum absolute atomic E-state index is 10.4. The molecule has 0 amide bonds. The van der Waals surface area contributed by atoms with Gasteiger partial charge in [0.15, 0.2) is 5.13 Å². The largest absolute Gasteiger partial charge is 0.376 e. The van der Waals surface area contributed by atoms with Gasteiger partial charge in [0.05, 0.1) is 11.0 Å². The molecular formula is C9H13N3O3S. The number of nitrogens with zero attached hydrogens (tertiary/aromatic N) is 2. The summed E-state index contributed by atoms with van der Waals surface area (Å²) in [7, 11) is 0. The molecule has 2 rings (SSSR count). The minimum atomic E-state index is -0.431. The average Bonchev–Trinajstić information content (AvgIpc) is 2.76. The Kier molecular flexibility index (Phi) is 3.68. The van der Waals surface area contributed by atoms with Crippen molar-refractivity contribution in [2.75, 3.05) is 18.5 Å². The second kappa shape index (κ2) is 5.22. The molecular weight excluding hydrogens is 230 g/mol. The highest BCUT2D eigenvalue weighted by atomic mass is 32.1. The fraction of sp³-hybridized carbons (Fsp3) is 0.667. The molecule has 1 saturated heterocycles. The van der Waals surface area contributed by atoms with Crippen molar-refractivity contribution in [1.29, 1.82) is 0 Å². The molecule has 0 radical (unpaired) electrons. The average molecular weight is 243 g/mol. The van der Waals surface area contributed by atoms with E-state index in [1.807, 2.05) is 0 Å². The Morgan fingerprint density at radius 2 is 2.56 bits per heavy atom. The Balaban J connectivity index is 1.81. The van der Waals surface area contributed by atoms with Gasteiger partial charge in [0, 0.05) is 13.2 Å². The number of hydrogen-bond donors (Lipinski definition) is 1. The first-order valence-corrected chi connectivity index (χ1v) is 6.03. The van der Waals surface area contributed by atoms with E-state index in [-0.39, 0.29) is 11.1 Å². The van der Waals surface area contributed by atoms with E-state index in [0.717, 1.165) is 30.8 Å². The van der Waals surface area contributed by atoms with Gasteiger partial charge in [-0.1, -0.05) is 0 Å². The van der Waals surface area contributed by atoms with Crippen LogP contribution in [0.5, 0.6) is 0 Å². The van der Waals surface area contributed by atoms with Gasteiger partial charge in [0.25, 0.3) is 0 Å². The van der Waals surface area contributed by atoms with Crippen molar-refractivity contribution in [2.24, 2.45) is 0 Å². The molecule has 1 N–H and O–H groups in total. The fourth-order valence-electron chi connectivity index (χ4n) is 1.60. The molecule has 0 saturated carbocycles. The predicted octanol–water partition coefficient (Wildman–Crippen LogP) is 2.03. The minimum absolute atomic E-state index is 0.0621. The van der Waals surface area contributed by atoms with Crippen LogP contribution in [0.25, 0.3) is 0 Å². The van der Waals surface area contributed by atoms with Crippen molar-refractivity contribution < 1.29 is 9.66 Å². The molecule has 0 aliphatic carbocycles. The van der Waals surface area contributed by atoms with E-state index in [9.17, 15) is 10.1 Å². The number of hydrogen-bond acceptors (Lipinski definition) is 6. The van der Waals surface area contributed by atoms with Gasteiger partial charge in [0.2, 0.25) is 0 Å². The predicted molar refractivity (Wildman–Crippen MR) is 60.8 cm³/mol. The van der Waals surface area contributed by atoms with Crippen LogP contribution < -0.4 is 5.32 Å². The Bertz CT molecular complexity index is 363. The second-order valence-electron chi connectivity index (χ2n) is 3.63. The van der Waals surface area contributed by atoms with Crippen LogP contribution in [0.3, 0.4) is 0 Å². The van der Waals surface area contributed by atoms with Crippen LogP contribution in [-0.2, 0) is 4.74 Å². The molecule has 6 nitrogen and oxygen atoms in total. The van der Waals surface area contributed by atoms with Crippen LogP contribution in [0.2, 0.25) is 0 Å². The Morgan fingerprint density at radius 1 is 1.69 bits per heavy atom. The van der Waals surface area contributed by atoms with Crippen LogP contribution in [0.4, 0.5) is 10.1 Å². The van der Waals surface area contributed by atoms with Gasteiger partial charge in [-0.2, -0.15) is 0 Å². The van der Waals surface area contributed by atoms with Crippen molar-refractivity contribution in [3.63, 3.8) is 0 Å². The lowest BCUT2D eigenvalue weighted by molar-refractivity contribution is -0.380. The smallest absolute Gasteiger partial charge is 0.345 e. The van der Waals surface area contributed by atoms with Crippen molar-refractivity contribution in [3.8, 4) is 0 Å². The first kappa shape index (κ1) is 11.3. The van der Waals surface area contributed by atoms with E-state index < -0.39 is 4.92 Å². The number of anilines is 1. The molecule has 0 bridgehead atoms. The summed E-state index contributed by atoms with van der Waals surface area (Å²) in [6.45, 7) is 1.48. The SMILES string of the molecule is O=[N+]([O-])c1cnc(NCC2CCCCO2)s1. The van der Waals surface area contributed by atoms with Crippen molar-refractivity contribution >= 4 is 21.5 Å². The zero-order chi connectivity index (χ0) is 11.4. The van der Waals surface area contributed by atoms with Crippen LogP contribution in [0, 0.1) is 10.1 Å². The third-order valence-electron chi connectivity index (χ3n) is 2.43.